The number of benzene rings is 1. The lowest BCUT2D eigenvalue weighted by molar-refractivity contribution is -0.137. The van der Waals surface area contributed by atoms with E-state index in [0.29, 0.717) is 6.54 Å². The van der Waals surface area contributed by atoms with E-state index in [1.807, 2.05) is 6.92 Å². The van der Waals surface area contributed by atoms with Crippen molar-refractivity contribution in [2.75, 3.05) is 11.9 Å². The monoisotopic (exact) mass is 297 g/mol. The summed E-state index contributed by atoms with van der Waals surface area (Å²) < 4.78 is 37.6. The molecule has 0 atom stereocenters. The van der Waals surface area contributed by atoms with Gasteiger partial charge in [0.1, 0.15) is 11.6 Å². The summed E-state index contributed by atoms with van der Waals surface area (Å²) in [6, 6.07) is 5.91. The Kier molecular flexibility index (Phi) is 5.79. The number of carbonyl (C=O) groups is 1. The molecule has 0 aliphatic rings. The Morgan fingerprint density at radius 1 is 1.43 bits per heavy atom. The lowest BCUT2D eigenvalue weighted by atomic mass is 10.2. The number of nitrogens with one attached hydrogen (secondary N) is 2. The minimum Gasteiger partial charge on any atom is -0.390 e. The summed E-state index contributed by atoms with van der Waals surface area (Å²) >= 11 is 0. The molecule has 0 saturated carbocycles. The zero-order chi connectivity index (χ0) is 15.9. The number of hydrogen-bond donors (Lipinski definition) is 2. The number of anilines is 1. The maximum atomic E-state index is 12.5. The molecule has 0 spiro atoms. The van der Waals surface area contributed by atoms with Crippen molar-refractivity contribution in [2.24, 2.45) is 0 Å². The molecular formula is C14H14F3N3O. The second-order valence-electron chi connectivity index (χ2n) is 4.16. The van der Waals surface area contributed by atoms with Gasteiger partial charge in [0.05, 0.1) is 5.56 Å². The summed E-state index contributed by atoms with van der Waals surface area (Å²) in [5.74, 6) is -0.763. The standard InChI is InChI=1S/C14H14F3N3O/c1-2-6-19-9-10(8-18)13(21)20-12-5-3-4-11(7-12)14(15,16)17/h3-5,7,9,19H,2,6H2,1H3,(H,20,21)/b10-9-. The molecule has 0 fully saturated rings. The van der Waals surface area contributed by atoms with Crippen LogP contribution in [-0.2, 0) is 11.0 Å². The summed E-state index contributed by atoms with van der Waals surface area (Å²) in [6.07, 6.45) is -2.44. The van der Waals surface area contributed by atoms with Crippen LogP contribution in [0.2, 0.25) is 0 Å². The average molecular weight is 297 g/mol. The zero-order valence-corrected chi connectivity index (χ0v) is 11.3. The Bertz CT molecular complexity index is 574. The molecule has 0 aliphatic heterocycles. The highest BCUT2D eigenvalue weighted by atomic mass is 19.4. The van der Waals surface area contributed by atoms with E-state index >= 15 is 0 Å². The fraction of sp³-hybridized carbons (Fsp3) is 0.286. The molecule has 0 aromatic heterocycles. The topological polar surface area (TPSA) is 64.9 Å². The van der Waals surface area contributed by atoms with Gasteiger partial charge >= 0.3 is 6.18 Å². The summed E-state index contributed by atoms with van der Waals surface area (Å²) in [5, 5.41) is 13.9. The van der Waals surface area contributed by atoms with E-state index in [1.54, 1.807) is 6.07 Å². The van der Waals surface area contributed by atoms with E-state index < -0.39 is 17.6 Å². The van der Waals surface area contributed by atoms with Crippen molar-refractivity contribution in [1.82, 2.24) is 5.32 Å². The third-order valence-electron chi connectivity index (χ3n) is 2.45. The predicted octanol–water partition coefficient (Wildman–Crippen LogP) is 3.05. The van der Waals surface area contributed by atoms with E-state index in [0.717, 1.165) is 18.6 Å². The van der Waals surface area contributed by atoms with Gasteiger partial charge < -0.3 is 10.6 Å². The van der Waals surface area contributed by atoms with Crippen molar-refractivity contribution in [3.05, 3.63) is 41.6 Å². The predicted molar refractivity (Wildman–Crippen MR) is 72.1 cm³/mol. The summed E-state index contributed by atoms with van der Waals surface area (Å²) in [4.78, 5) is 11.8. The van der Waals surface area contributed by atoms with E-state index in [2.05, 4.69) is 10.6 Å². The summed E-state index contributed by atoms with van der Waals surface area (Å²) in [5.41, 5.74) is -1.10. The molecule has 0 bridgehead atoms. The summed E-state index contributed by atoms with van der Waals surface area (Å²) in [7, 11) is 0. The number of rotatable bonds is 5. The van der Waals surface area contributed by atoms with Crippen molar-refractivity contribution in [3.8, 4) is 6.07 Å². The number of hydrogen-bond acceptors (Lipinski definition) is 3. The molecule has 1 amide bonds. The van der Waals surface area contributed by atoms with Gasteiger partial charge in [-0.2, -0.15) is 18.4 Å². The number of nitriles is 1. The number of amides is 1. The maximum Gasteiger partial charge on any atom is 0.416 e. The molecule has 2 N–H and O–H groups in total. The number of carbonyl (C=O) groups excluding carboxylic acids is 1. The Hall–Kier alpha value is -2.49. The number of alkyl halides is 3. The van der Waals surface area contributed by atoms with Gasteiger partial charge in [-0.15, -0.1) is 0 Å². The first-order valence-electron chi connectivity index (χ1n) is 6.20. The molecule has 0 saturated heterocycles. The molecule has 0 radical (unpaired) electrons. The van der Waals surface area contributed by atoms with Crippen LogP contribution in [0.15, 0.2) is 36.0 Å². The fourth-order valence-electron chi connectivity index (χ4n) is 1.44. The van der Waals surface area contributed by atoms with Crippen LogP contribution in [0.3, 0.4) is 0 Å². The maximum absolute atomic E-state index is 12.5. The molecule has 1 aromatic carbocycles. The Morgan fingerprint density at radius 2 is 2.14 bits per heavy atom. The van der Waals surface area contributed by atoms with Crippen molar-refractivity contribution < 1.29 is 18.0 Å². The molecule has 1 aromatic rings. The molecule has 112 valence electrons. The normalized spacial score (nSPS) is 11.7. The van der Waals surface area contributed by atoms with E-state index in [-0.39, 0.29) is 11.3 Å². The second kappa shape index (κ2) is 7.33. The highest BCUT2D eigenvalue weighted by Gasteiger charge is 2.30. The summed E-state index contributed by atoms with van der Waals surface area (Å²) in [6.45, 7) is 2.50. The van der Waals surface area contributed by atoms with Crippen LogP contribution in [0, 0.1) is 11.3 Å². The zero-order valence-electron chi connectivity index (χ0n) is 11.3. The van der Waals surface area contributed by atoms with Gasteiger partial charge in [0.25, 0.3) is 5.91 Å². The molecule has 1 rings (SSSR count). The molecule has 21 heavy (non-hydrogen) atoms. The molecule has 0 unspecified atom stereocenters. The largest absolute Gasteiger partial charge is 0.416 e. The SMILES string of the molecule is CCCN/C=C(/C#N)C(=O)Nc1cccc(C(F)(F)F)c1. The highest BCUT2D eigenvalue weighted by molar-refractivity contribution is 6.06. The van der Waals surface area contributed by atoms with Crippen molar-refractivity contribution >= 4 is 11.6 Å². The van der Waals surface area contributed by atoms with E-state index in [1.165, 1.54) is 18.3 Å². The Balaban J connectivity index is 2.83. The van der Waals surface area contributed by atoms with Gasteiger partial charge in [-0.3, -0.25) is 4.79 Å². The molecule has 0 heterocycles. The van der Waals surface area contributed by atoms with Crippen LogP contribution >= 0.6 is 0 Å². The third kappa shape index (κ3) is 5.18. The van der Waals surface area contributed by atoms with Gasteiger partial charge in [-0.1, -0.05) is 13.0 Å². The molecule has 4 nitrogen and oxygen atoms in total. The molecule has 7 heteroatoms. The lowest BCUT2D eigenvalue weighted by Gasteiger charge is -2.09. The molecular weight excluding hydrogens is 283 g/mol. The first-order chi connectivity index (χ1) is 9.88. The minimum atomic E-state index is -4.49. The first kappa shape index (κ1) is 16.6. The minimum absolute atomic E-state index is 0.0218. The van der Waals surface area contributed by atoms with Crippen molar-refractivity contribution in [2.45, 2.75) is 19.5 Å². The van der Waals surface area contributed by atoms with E-state index in [9.17, 15) is 18.0 Å². The van der Waals surface area contributed by atoms with Gasteiger partial charge in [0, 0.05) is 18.4 Å². The van der Waals surface area contributed by atoms with E-state index in [4.69, 9.17) is 5.26 Å². The third-order valence-corrected chi connectivity index (χ3v) is 2.45. The number of nitrogens with zero attached hydrogens (tertiary/aromatic N) is 1. The Labute approximate surface area is 120 Å². The van der Waals surface area contributed by atoms with Gasteiger partial charge in [0.2, 0.25) is 0 Å². The first-order valence-corrected chi connectivity index (χ1v) is 6.20. The average Bonchev–Trinajstić information content (AvgIpc) is 2.43. The number of halogens is 3. The fourth-order valence-corrected chi connectivity index (χ4v) is 1.44. The van der Waals surface area contributed by atoms with Crippen LogP contribution < -0.4 is 10.6 Å². The quantitative estimate of drug-likeness (QED) is 0.499. The van der Waals surface area contributed by atoms with Crippen LogP contribution in [0.4, 0.5) is 18.9 Å². The van der Waals surface area contributed by atoms with Gasteiger partial charge in [0.15, 0.2) is 0 Å². The van der Waals surface area contributed by atoms with Crippen LogP contribution in [0.1, 0.15) is 18.9 Å². The second-order valence-corrected chi connectivity index (χ2v) is 4.16. The van der Waals surface area contributed by atoms with Crippen molar-refractivity contribution in [3.63, 3.8) is 0 Å². The highest BCUT2D eigenvalue weighted by Crippen LogP contribution is 2.30. The van der Waals surface area contributed by atoms with Crippen LogP contribution in [0.5, 0.6) is 0 Å². The van der Waals surface area contributed by atoms with Gasteiger partial charge in [-0.05, 0) is 24.6 Å². The lowest BCUT2D eigenvalue weighted by Crippen LogP contribution is -2.17. The van der Waals surface area contributed by atoms with Crippen LogP contribution in [0.25, 0.3) is 0 Å². The Morgan fingerprint density at radius 3 is 2.71 bits per heavy atom. The van der Waals surface area contributed by atoms with Gasteiger partial charge in [-0.25, -0.2) is 0 Å². The van der Waals surface area contributed by atoms with Crippen LogP contribution in [-0.4, -0.2) is 12.5 Å². The van der Waals surface area contributed by atoms with Crippen molar-refractivity contribution in [1.29, 1.82) is 5.26 Å². The molecule has 0 aliphatic carbocycles. The smallest absolute Gasteiger partial charge is 0.390 e.